The molecule has 0 atom stereocenters. The lowest BCUT2D eigenvalue weighted by Gasteiger charge is -2.12. The summed E-state index contributed by atoms with van der Waals surface area (Å²) in [6, 6.07) is 42.7. The van der Waals surface area contributed by atoms with Gasteiger partial charge in [0.15, 0.2) is 23.3 Å². The predicted octanol–water partition coefficient (Wildman–Crippen LogP) is 8.31. The SMILES string of the molecule is Cc1nc(C)nc(-c2ccc(-n3c4ccccc4c4ccc(-c5nc(-c6ccccc6)nc(-c6ccccc6)n5)cc43)cc2C#N)n1. The molecule has 47 heavy (non-hydrogen) atoms. The lowest BCUT2D eigenvalue weighted by atomic mass is 10.1. The van der Waals surface area contributed by atoms with Gasteiger partial charge in [0, 0.05) is 38.7 Å². The summed E-state index contributed by atoms with van der Waals surface area (Å²) in [5.74, 6) is 3.49. The Labute approximate surface area is 270 Å². The Balaban J connectivity index is 1.34. The highest BCUT2D eigenvalue weighted by Gasteiger charge is 2.18. The van der Waals surface area contributed by atoms with Gasteiger partial charge in [-0.05, 0) is 44.2 Å². The molecular weight excluding hydrogens is 580 g/mol. The molecule has 8 nitrogen and oxygen atoms in total. The average molecular weight is 607 g/mol. The second kappa shape index (κ2) is 11.4. The van der Waals surface area contributed by atoms with E-state index < -0.39 is 0 Å². The van der Waals surface area contributed by atoms with E-state index >= 15 is 0 Å². The highest BCUT2D eigenvalue weighted by atomic mass is 15.0. The number of hydrogen-bond donors (Lipinski definition) is 0. The Bertz CT molecular complexity index is 2420. The van der Waals surface area contributed by atoms with Gasteiger partial charge in [0.1, 0.15) is 11.6 Å². The number of benzene rings is 5. The van der Waals surface area contributed by atoms with Crippen LogP contribution in [0, 0.1) is 25.2 Å². The van der Waals surface area contributed by atoms with Gasteiger partial charge in [-0.25, -0.2) is 29.9 Å². The van der Waals surface area contributed by atoms with E-state index in [1.54, 1.807) is 0 Å². The molecule has 0 saturated heterocycles. The molecule has 0 saturated carbocycles. The summed E-state index contributed by atoms with van der Waals surface area (Å²) in [5.41, 5.74) is 6.66. The highest BCUT2D eigenvalue weighted by molar-refractivity contribution is 6.10. The van der Waals surface area contributed by atoms with E-state index in [9.17, 15) is 5.26 Å². The predicted molar refractivity (Wildman–Crippen MR) is 183 cm³/mol. The molecule has 0 N–H and O–H groups in total. The van der Waals surface area contributed by atoms with Gasteiger partial charge in [0.05, 0.1) is 22.7 Å². The number of hydrogen-bond acceptors (Lipinski definition) is 7. The fraction of sp³-hybridized carbons (Fsp3) is 0.0513. The first-order chi connectivity index (χ1) is 23.1. The minimum Gasteiger partial charge on any atom is -0.309 e. The van der Waals surface area contributed by atoms with Gasteiger partial charge in [-0.3, -0.25) is 0 Å². The molecular formula is C39H26N8. The van der Waals surface area contributed by atoms with Crippen molar-refractivity contribution in [3.05, 3.63) is 139 Å². The van der Waals surface area contributed by atoms with Crippen LogP contribution in [0.3, 0.4) is 0 Å². The maximum atomic E-state index is 10.2. The summed E-state index contributed by atoms with van der Waals surface area (Å²) in [6.45, 7) is 3.65. The number of nitriles is 1. The van der Waals surface area contributed by atoms with Crippen LogP contribution in [0.1, 0.15) is 17.2 Å². The highest BCUT2D eigenvalue weighted by Crippen LogP contribution is 2.36. The summed E-state index contributed by atoms with van der Waals surface area (Å²) in [7, 11) is 0. The van der Waals surface area contributed by atoms with Gasteiger partial charge in [0.2, 0.25) is 0 Å². The Morgan fingerprint density at radius 3 is 1.70 bits per heavy atom. The van der Waals surface area contributed by atoms with Crippen molar-refractivity contribution in [2.75, 3.05) is 0 Å². The van der Waals surface area contributed by atoms with Crippen molar-refractivity contribution < 1.29 is 0 Å². The number of nitrogens with zero attached hydrogens (tertiary/aromatic N) is 8. The van der Waals surface area contributed by atoms with Crippen molar-refractivity contribution in [1.29, 1.82) is 5.26 Å². The summed E-state index contributed by atoms with van der Waals surface area (Å²) in [6.07, 6.45) is 0. The van der Waals surface area contributed by atoms with Crippen LogP contribution in [0.2, 0.25) is 0 Å². The number of aromatic nitrogens is 7. The van der Waals surface area contributed by atoms with Crippen molar-refractivity contribution in [1.82, 2.24) is 34.5 Å². The molecule has 8 aromatic rings. The number of rotatable bonds is 5. The molecule has 0 bridgehead atoms. The Morgan fingerprint density at radius 1 is 0.489 bits per heavy atom. The summed E-state index contributed by atoms with van der Waals surface area (Å²) in [5, 5.41) is 12.4. The molecule has 3 aromatic heterocycles. The molecule has 0 aliphatic rings. The first-order valence-electron chi connectivity index (χ1n) is 15.2. The molecule has 0 radical (unpaired) electrons. The summed E-state index contributed by atoms with van der Waals surface area (Å²) >= 11 is 0. The van der Waals surface area contributed by atoms with E-state index in [0.717, 1.165) is 44.2 Å². The summed E-state index contributed by atoms with van der Waals surface area (Å²) < 4.78 is 2.18. The molecule has 8 rings (SSSR count). The van der Waals surface area contributed by atoms with Crippen LogP contribution in [0.15, 0.2) is 121 Å². The minimum absolute atomic E-state index is 0.479. The van der Waals surface area contributed by atoms with E-state index in [1.165, 1.54) is 0 Å². The van der Waals surface area contributed by atoms with Gasteiger partial charge >= 0.3 is 0 Å². The molecule has 3 heterocycles. The molecule has 0 unspecified atom stereocenters. The van der Waals surface area contributed by atoms with Crippen molar-refractivity contribution in [2.45, 2.75) is 13.8 Å². The minimum atomic E-state index is 0.479. The normalized spacial score (nSPS) is 11.2. The van der Waals surface area contributed by atoms with Gasteiger partial charge in [-0.2, -0.15) is 5.26 Å². The first kappa shape index (κ1) is 27.9. The van der Waals surface area contributed by atoms with Crippen molar-refractivity contribution in [3.8, 4) is 57.3 Å². The Kier molecular flexibility index (Phi) is 6.77. The molecule has 0 spiro atoms. The van der Waals surface area contributed by atoms with Crippen LogP contribution in [-0.2, 0) is 0 Å². The monoisotopic (exact) mass is 606 g/mol. The fourth-order valence-electron chi connectivity index (χ4n) is 6.02. The smallest absolute Gasteiger partial charge is 0.164 e. The van der Waals surface area contributed by atoms with E-state index in [2.05, 4.69) is 55.9 Å². The first-order valence-corrected chi connectivity index (χ1v) is 15.2. The molecule has 0 aliphatic heterocycles. The largest absolute Gasteiger partial charge is 0.309 e. The van der Waals surface area contributed by atoms with Crippen LogP contribution in [0.25, 0.3) is 73.0 Å². The lowest BCUT2D eigenvalue weighted by Crippen LogP contribution is -2.02. The van der Waals surface area contributed by atoms with E-state index in [1.807, 2.05) is 105 Å². The molecule has 8 heteroatoms. The van der Waals surface area contributed by atoms with Crippen molar-refractivity contribution >= 4 is 21.8 Å². The van der Waals surface area contributed by atoms with Gasteiger partial charge in [-0.1, -0.05) is 91.0 Å². The summed E-state index contributed by atoms with van der Waals surface area (Å²) in [4.78, 5) is 28.1. The zero-order valence-electron chi connectivity index (χ0n) is 25.6. The zero-order chi connectivity index (χ0) is 31.9. The third-order valence-corrected chi connectivity index (χ3v) is 8.11. The molecule has 5 aromatic carbocycles. The Hall–Kier alpha value is -6.59. The second-order valence-corrected chi connectivity index (χ2v) is 11.2. The third-order valence-electron chi connectivity index (χ3n) is 8.11. The second-order valence-electron chi connectivity index (χ2n) is 11.2. The maximum absolute atomic E-state index is 10.2. The number of fused-ring (bicyclic) bond motifs is 3. The number of aryl methyl sites for hydroxylation is 2. The maximum Gasteiger partial charge on any atom is 0.164 e. The quantitative estimate of drug-likeness (QED) is 0.194. The van der Waals surface area contributed by atoms with Gasteiger partial charge < -0.3 is 4.57 Å². The zero-order valence-corrected chi connectivity index (χ0v) is 25.6. The van der Waals surface area contributed by atoms with Crippen LogP contribution in [0.4, 0.5) is 0 Å². The average Bonchev–Trinajstić information content (AvgIpc) is 3.45. The van der Waals surface area contributed by atoms with Crippen LogP contribution >= 0.6 is 0 Å². The van der Waals surface area contributed by atoms with Crippen molar-refractivity contribution in [2.24, 2.45) is 0 Å². The standard InChI is InChI=1S/C39H26N8/c1-24-41-25(2)43-39(42-24)31-20-18-30(21-29(31)23-40)47-34-16-10-9-15-32(34)33-19-17-28(22-35(33)47)38-45-36(26-11-5-3-6-12-26)44-37(46-38)27-13-7-4-8-14-27/h3-22H,1-2H3. The van der Waals surface area contributed by atoms with Crippen LogP contribution in [-0.4, -0.2) is 34.5 Å². The van der Waals surface area contributed by atoms with E-state index in [0.29, 0.717) is 46.1 Å². The molecule has 0 amide bonds. The van der Waals surface area contributed by atoms with Crippen molar-refractivity contribution in [3.63, 3.8) is 0 Å². The van der Waals surface area contributed by atoms with Crippen LogP contribution < -0.4 is 0 Å². The topological polar surface area (TPSA) is 106 Å². The van der Waals surface area contributed by atoms with Crippen LogP contribution in [0.5, 0.6) is 0 Å². The third kappa shape index (κ3) is 5.06. The van der Waals surface area contributed by atoms with Gasteiger partial charge in [0.25, 0.3) is 0 Å². The van der Waals surface area contributed by atoms with E-state index in [-0.39, 0.29) is 0 Å². The Morgan fingerprint density at radius 2 is 1.06 bits per heavy atom. The molecule has 222 valence electrons. The fourth-order valence-corrected chi connectivity index (χ4v) is 6.02. The molecule has 0 aliphatic carbocycles. The van der Waals surface area contributed by atoms with Gasteiger partial charge in [-0.15, -0.1) is 0 Å². The number of para-hydroxylation sites is 1. The van der Waals surface area contributed by atoms with E-state index in [4.69, 9.17) is 15.0 Å². The molecule has 0 fully saturated rings. The lowest BCUT2D eigenvalue weighted by molar-refractivity contribution is 0.928.